The van der Waals surface area contributed by atoms with E-state index in [0.29, 0.717) is 6.42 Å². The van der Waals surface area contributed by atoms with Crippen molar-refractivity contribution < 1.29 is 27.3 Å². The van der Waals surface area contributed by atoms with E-state index in [9.17, 15) is 8.42 Å². The quantitative estimate of drug-likeness (QED) is 0.740. The normalized spacial score (nSPS) is 10.8. The van der Waals surface area contributed by atoms with Crippen LogP contribution in [0.3, 0.4) is 0 Å². The summed E-state index contributed by atoms with van der Waals surface area (Å²) < 4.78 is 27.8. The molecule has 0 aliphatic rings. The van der Waals surface area contributed by atoms with Gasteiger partial charge in [0.05, 0.1) is 0 Å². The molecule has 0 spiro atoms. The van der Waals surface area contributed by atoms with Crippen molar-refractivity contribution in [1.29, 1.82) is 0 Å². The fourth-order valence-corrected chi connectivity index (χ4v) is 2.69. The van der Waals surface area contributed by atoms with E-state index >= 15 is 0 Å². The van der Waals surface area contributed by atoms with Crippen molar-refractivity contribution in [3.63, 3.8) is 0 Å². The summed E-state index contributed by atoms with van der Waals surface area (Å²) in [5.41, 5.74) is 2.12. The van der Waals surface area contributed by atoms with Crippen LogP contribution < -0.4 is 18.9 Å². The second-order valence-electron chi connectivity index (χ2n) is 4.38. The Labute approximate surface area is 132 Å². The monoisotopic (exact) mass is 281 g/mol. The van der Waals surface area contributed by atoms with Gasteiger partial charge in [-0.25, -0.2) is 8.42 Å². The van der Waals surface area contributed by atoms with Crippen molar-refractivity contribution >= 4 is 10.0 Å². The molecule has 2 aromatic carbocycles. The smallest absolute Gasteiger partial charge is 0.544 e. The number of sulfonamides is 1. The molecule has 20 heavy (non-hydrogen) atoms. The molecule has 100 valence electrons. The van der Waals surface area contributed by atoms with Gasteiger partial charge in [-0.05, 0) is 31.0 Å². The summed E-state index contributed by atoms with van der Waals surface area (Å²) in [6.07, 6.45) is 0.631. The minimum absolute atomic E-state index is 0. The fraction of sp³-hybridized carbons (Fsp3) is 0.200. The largest absolute Gasteiger partial charge is 1.00 e. The van der Waals surface area contributed by atoms with Gasteiger partial charge in [-0.1, -0.05) is 48.0 Å². The predicted molar refractivity (Wildman–Crippen MR) is 76.7 cm³/mol. The third-order valence-electron chi connectivity index (χ3n) is 2.82. The summed E-state index contributed by atoms with van der Waals surface area (Å²) in [5, 5.41) is 0. The van der Waals surface area contributed by atoms with Crippen molar-refractivity contribution in [3.05, 3.63) is 70.4 Å². The standard InChI is InChI=1S/C15H16NO2S.Li/c1-13-7-9-15(10-8-13)19(17,18)16-12-11-14-5-3-2-4-6-14;/h2-10H,11-12H2,1H3;/q-1;+1. The third kappa shape index (κ3) is 4.81. The van der Waals surface area contributed by atoms with E-state index in [1.807, 2.05) is 37.3 Å². The zero-order valence-corrected chi connectivity index (χ0v) is 12.6. The number of nitrogens with zero attached hydrogens (tertiary/aromatic N) is 1. The van der Waals surface area contributed by atoms with Gasteiger partial charge in [0.25, 0.3) is 0 Å². The maximum Gasteiger partial charge on any atom is 1.00 e. The van der Waals surface area contributed by atoms with E-state index in [4.69, 9.17) is 0 Å². The summed E-state index contributed by atoms with van der Waals surface area (Å²) in [4.78, 5) is 0.256. The van der Waals surface area contributed by atoms with Gasteiger partial charge in [0.2, 0.25) is 0 Å². The third-order valence-corrected chi connectivity index (χ3v) is 4.21. The second kappa shape index (κ2) is 7.66. The molecular weight excluding hydrogens is 265 g/mol. The first-order valence-corrected chi connectivity index (χ1v) is 7.56. The predicted octanol–water partition coefficient (Wildman–Crippen LogP) is 0.304. The van der Waals surface area contributed by atoms with E-state index < -0.39 is 10.0 Å². The summed E-state index contributed by atoms with van der Waals surface area (Å²) >= 11 is 0. The molecule has 0 saturated carbocycles. The molecule has 0 N–H and O–H groups in total. The van der Waals surface area contributed by atoms with Gasteiger partial charge in [0, 0.05) is 4.90 Å². The van der Waals surface area contributed by atoms with E-state index in [-0.39, 0.29) is 30.3 Å². The molecule has 0 saturated heterocycles. The molecule has 0 aromatic heterocycles. The molecule has 0 unspecified atom stereocenters. The van der Waals surface area contributed by atoms with Gasteiger partial charge in [-0.15, -0.1) is 6.54 Å². The zero-order chi connectivity index (χ0) is 13.7. The summed E-state index contributed by atoms with van der Waals surface area (Å²) in [5.74, 6) is 0. The van der Waals surface area contributed by atoms with Crippen LogP contribution in [-0.2, 0) is 16.4 Å². The molecule has 0 radical (unpaired) electrons. The molecule has 0 heterocycles. The SMILES string of the molecule is Cc1ccc(S(=O)(=O)[N-]CCc2ccccc2)cc1.[Li+]. The van der Waals surface area contributed by atoms with Crippen molar-refractivity contribution in [2.75, 3.05) is 6.54 Å². The zero-order valence-electron chi connectivity index (χ0n) is 11.8. The van der Waals surface area contributed by atoms with Gasteiger partial charge in [-0.2, -0.15) is 0 Å². The number of hydrogen-bond acceptors (Lipinski definition) is 2. The Bertz CT molecular complexity index is 625. The van der Waals surface area contributed by atoms with Crippen LogP contribution in [0.2, 0.25) is 0 Å². The molecular formula is C15H16LiNO2S. The Kier molecular flexibility index (Phi) is 6.51. The van der Waals surface area contributed by atoms with Gasteiger partial charge < -0.3 is 4.72 Å². The van der Waals surface area contributed by atoms with Gasteiger partial charge >= 0.3 is 18.9 Å². The molecule has 0 aliphatic heterocycles. The van der Waals surface area contributed by atoms with Crippen LogP contribution in [0.5, 0.6) is 0 Å². The number of aryl methyl sites for hydroxylation is 1. The van der Waals surface area contributed by atoms with Crippen LogP contribution in [0.4, 0.5) is 0 Å². The Balaban J connectivity index is 0.00000200. The Morgan fingerprint density at radius 1 is 0.950 bits per heavy atom. The summed E-state index contributed by atoms with van der Waals surface area (Å²) in [6.45, 7) is 2.20. The molecule has 0 atom stereocenters. The molecule has 2 aromatic rings. The van der Waals surface area contributed by atoms with Crippen LogP contribution in [0, 0.1) is 6.92 Å². The minimum atomic E-state index is -3.52. The number of benzene rings is 2. The maximum atomic E-state index is 12.0. The van der Waals surface area contributed by atoms with Crippen molar-refractivity contribution in [2.24, 2.45) is 0 Å². The molecule has 3 nitrogen and oxygen atoms in total. The fourth-order valence-electron chi connectivity index (χ4n) is 1.72. The van der Waals surface area contributed by atoms with Gasteiger partial charge in [0.1, 0.15) is 10.0 Å². The van der Waals surface area contributed by atoms with E-state index in [1.54, 1.807) is 24.3 Å². The molecule has 5 heteroatoms. The van der Waals surface area contributed by atoms with Crippen molar-refractivity contribution in [3.8, 4) is 0 Å². The van der Waals surface area contributed by atoms with Crippen LogP contribution in [0.25, 0.3) is 4.72 Å². The topological polar surface area (TPSA) is 48.2 Å². The van der Waals surface area contributed by atoms with Crippen LogP contribution in [0.15, 0.2) is 59.5 Å². The molecule has 0 fully saturated rings. The average molecular weight is 281 g/mol. The first kappa shape index (κ1) is 17.0. The number of rotatable bonds is 5. The first-order chi connectivity index (χ1) is 9.08. The summed E-state index contributed by atoms with van der Waals surface area (Å²) in [7, 11) is -3.52. The average Bonchev–Trinajstić information content (AvgIpc) is 2.40. The summed E-state index contributed by atoms with van der Waals surface area (Å²) in [6, 6.07) is 16.5. The molecule has 2 rings (SSSR count). The molecule has 0 bridgehead atoms. The Hall–Kier alpha value is -1.05. The van der Waals surface area contributed by atoms with Crippen LogP contribution >= 0.6 is 0 Å². The van der Waals surface area contributed by atoms with Crippen molar-refractivity contribution in [1.82, 2.24) is 0 Å². The van der Waals surface area contributed by atoms with Crippen LogP contribution in [0.1, 0.15) is 11.1 Å². The van der Waals surface area contributed by atoms with E-state index in [2.05, 4.69) is 4.72 Å². The van der Waals surface area contributed by atoms with Gasteiger partial charge in [0.15, 0.2) is 0 Å². The molecule has 0 amide bonds. The van der Waals surface area contributed by atoms with E-state index in [1.165, 1.54) is 0 Å². The Morgan fingerprint density at radius 3 is 2.15 bits per heavy atom. The Morgan fingerprint density at radius 2 is 1.55 bits per heavy atom. The first-order valence-electron chi connectivity index (χ1n) is 6.12. The maximum absolute atomic E-state index is 12.0. The minimum Gasteiger partial charge on any atom is -0.544 e. The number of hydrogen-bond donors (Lipinski definition) is 0. The van der Waals surface area contributed by atoms with Crippen LogP contribution in [-0.4, -0.2) is 15.0 Å². The second-order valence-corrected chi connectivity index (χ2v) is 6.06. The van der Waals surface area contributed by atoms with E-state index in [0.717, 1.165) is 11.1 Å². The molecule has 0 aliphatic carbocycles. The van der Waals surface area contributed by atoms with Crippen molar-refractivity contribution in [2.45, 2.75) is 18.2 Å². The van der Waals surface area contributed by atoms with Gasteiger partial charge in [-0.3, -0.25) is 0 Å².